The van der Waals surface area contributed by atoms with Crippen LogP contribution in [0.4, 0.5) is 13.2 Å². The molecule has 0 spiro atoms. The molecule has 0 aliphatic carbocycles. The predicted octanol–water partition coefficient (Wildman–Crippen LogP) is 2.94. The van der Waals surface area contributed by atoms with E-state index in [1.165, 1.54) is 28.2 Å². The van der Waals surface area contributed by atoms with Crippen molar-refractivity contribution in [1.29, 1.82) is 0 Å². The van der Waals surface area contributed by atoms with Gasteiger partial charge < -0.3 is 4.74 Å². The lowest BCUT2D eigenvalue weighted by Gasteiger charge is -2.16. The number of hydrogen-bond donors (Lipinski definition) is 0. The molecule has 9 nitrogen and oxygen atoms in total. The topological polar surface area (TPSA) is 97.2 Å². The second-order valence-electron chi connectivity index (χ2n) is 8.78. The highest BCUT2D eigenvalue weighted by Crippen LogP contribution is 2.33. The number of halogens is 3. The molecule has 0 fully saturated rings. The largest absolute Gasteiger partial charge is 0.462 e. The van der Waals surface area contributed by atoms with Crippen molar-refractivity contribution in [3.63, 3.8) is 0 Å². The minimum Gasteiger partial charge on any atom is -0.462 e. The summed E-state index contributed by atoms with van der Waals surface area (Å²) in [6.07, 6.45) is -3.54. The van der Waals surface area contributed by atoms with Gasteiger partial charge in [0.25, 0.3) is 5.56 Å². The molecule has 2 aromatic carbocycles. The van der Waals surface area contributed by atoms with Gasteiger partial charge in [-0.15, -0.1) is 0 Å². The molecule has 0 unspecified atom stereocenters. The highest BCUT2D eigenvalue weighted by atomic mass is 19.4. The smallest absolute Gasteiger partial charge is 0.416 e. The molecule has 0 bridgehead atoms. The van der Waals surface area contributed by atoms with Gasteiger partial charge >= 0.3 is 23.5 Å². The van der Waals surface area contributed by atoms with E-state index in [9.17, 15) is 32.3 Å². The van der Waals surface area contributed by atoms with Crippen LogP contribution in [0.15, 0.2) is 57.0 Å². The summed E-state index contributed by atoms with van der Waals surface area (Å²) in [6.45, 7) is 2.60. The van der Waals surface area contributed by atoms with E-state index < -0.39 is 34.5 Å². The van der Waals surface area contributed by atoms with Crippen LogP contribution in [0.2, 0.25) is 0 Å². The molecule has 0 N–H and O–H groups in total. The molecule has 0 aliphatic rings. The molecule has 200 valence electrons. The van der Waals surface area contributed by atoms with Crippen LogP contribution in [0.25, 0.3) is 16.7 Å². The summed E-state index contributed by atoms with van der Waals surface area (Å²) < 4.78 is 49.8. The van der Waals surface area contributed by atoms with E-state index in [-0.39, 0.29) is 36.5 Å². The Balaban J connectivity index is 1.86. The zero-order valence-corrected chi connectivity index (χ0v) is 21.1. The summed E-state index contributed by atoms with van der Waals surface area (Å²) in [5, 5.41) is 0. The second-order valence-corrected chi connectivity index (χ2v) is 8.78. The molecule has 4 rings (SSSR count). The number of imidazole rings is 1. The van der Waals surface area contributed by atoms with E-state index in [4.69, 9.17) is 4.74 Å². The lowest BCUT2D eigenvalue weighted by molar-refractivity contribution is -0.138. The molecule has 0 amide bonds. The van der Waals surface area contributed by atoms with Gasteiger partial charge in [-0.1, -0.05) is 12.1 Å². The van der Waals surface area contributed by atoms with Crippen molar-refractivity contribution in [2.24, 2.45) is 14.1 Å². The number of aromatic nitrogens is 4. The standard InChI is InChI=1S/C26H25F3N4O5/c1-5-38-23(35)18-14-33(17-9-10-20-21(13-17)31(4)24(36)30(20)3)25(37)32(22(18)34)12-11-16-7-6-8-19(15(16)2)26(27,28)29/h6-10,13-14H,5,11-12H2,1-4H3. The third-order valence-electron chi connectivity index (χ3n) is 6.56. The Bertz CT molecular complexity index is 1740. The third-order valence-corrected chi connectivity index (χ3v) is 6.56. The van der Waals surface area contributed by atoms with Crippen LogP contribution in [0.3, 0.4) is 0 Å². The van der Waals surface area contributed by atoms with Crippen LogP contribution in [0, 0.1) is 6.92 Å². The number of nitrogens with zero attached hydrogens (tertiary/aromatic N) is 4. The molecule has 38 heavy (non-hydrogen) atoms. The van der Waals surface area contributed by atoms with Crippen LogP contribution in [0.5, 0.6) is 0 Å². The first kappa shape index (κ1) is 26.7. The average Bonchev–Trinajstić information content (AvgIpc) is 3.07. The maximum absolute atomic E-state index is 13.5. The molecule has 0 aliphatic heterocycles. The number of hydrogen-bond acceptors (Lipinski definition) is 5. The summed E-state index contributed by atoms with van der Waals surface area (Å²) in [7, 11) is 3.17. The van der Waals surface area contributed by atoms with Crippen molar-refractivity contribution in [3.05, 3.63) is 96.2 Å². The minimum absolute atomic E-state index is 0.00892. The fourth-order valence-corrected chi connectivity index (χ4v) is 4.47. The highest BCUT2D eigenvalue weighted by Gasteiger charge is 2.32. The Kier molecular flexibility index (Phi) is 6.92. The summed E-state index contributed by atoms with van der Waals surface area (Å²) in [5.41, 5.74) is -1.52. The number of alkyl halides is 3. The van der Waals surface area contributed by atoms with Gasteiger partial charge in [0.15, 0.2) is 0 Å². The molecule has 0 radical (unpaired) electrons. The number of carbonyl (C=O) groups excluding carboxylic acids is 1. The van der Waals surface area contributed by atoms with E-state index in [2.05, 4.69) is 0 Å². The summed E-state index contributed by atoms with van der Waals surface area (Å²) >= 11 is 0. The van der Waals surface area contributed by atoms with Crippen molar-refractivity contribution in [2.75, 3.05) is 6.61 Å². The average molecular weight is 531 g/mol. The molecular formula is C26H25F3N4O5. The Morgan fingerprint density at radius 1 is 0.974 bits per heavy atom. The molecule has 0 saturated heterocycles. The van der Waals surface area contributed by atoms with Crippen molar-refractivity contribution < 1.29 is 22.7 Å². The molecule has 0 atom stereocenters. The van der Waals surface area contributed by atoms with Crippen molar-refractivity contribution in [1.82, 2.24) is 18.3 Å². The number of benzene rings is 2. The summed E-state index contributed by atoms with van der Waals surface area (Å²) in [6, 6.07) is 8.48. The maximum Gasteiger partial charge on any atom is 0.416 e. The van der Waals surface area contributed by atoms with Gasteiger partial charge in [-0.3, -0.25) is 23.1 Å². The molecule has 12 heteroatoms. The van der Waals surface area contributed by atoms with Crippen LogP contribution >= 0.6 is 0 Å². The van der Waals surface area contributed by atoms with Gasteiger partial charge in [-0.05, 0) is 55.7 Å². The van der Waals surface area contributed by atoms with Crippen LogP contribution < -0.4 is 16.9 Å². The Hall–Kier alpha value is -4.35. The molecule has 4 aromatic rings. The quantitative estimate of drug-likeness (QED) is 0.357. The fraction of sp³-hybridized carbons (Fsp3) is 0.308. The monoisotopic (exact) mass is 530 g/mol. The van der Waals surface area contributed by atoms with E-state index in [0.29, 0.717) is 16.6 Å². The summed E-state index contributed by atoms with van der Waals surface area (Å²) in [5.74, 6) is -0.941. The minimum atomic E-state index is -4.55. The molecular weight excluding hydrogens is 505 g/mol. The second kappa shape index (κ2) is 9.84. The van der Waals surface area contributed by atoms with Gasteiger partial charge in [0.1, 0.15) is 5.56 Å². The van der Waals surface area contributed by atoms with E-state index >= 15 is 0 Å². The van der Waals surface area contributed by atoms with E-state index in [1.54, 1.807) is 39.2 Å². The number of carbonyl (C=O) groups is 1. The fourth-order valence-electron chi connectivity index (χ4n) is 4.47. The SMILES string of the molecule is CCOC(=O)c1cn(-c2ccc3c(c2)n(C)c(=O)n3C)c(=O)n(CCc2cccc(C(F)(F)F)c2C)c1=O. The zero-order chi connectivity index (χ0) is 27.9. The van der Waals surface area contributed by atoms with Crippen LogP contribution in [0.1, 0.15) is 34.0 Å². The summed E-state index contributed by atoms with van der Waals surface area (Å²) in [4.78, 5) is 51.5. The van der Waals surface area contributed by atoms with Gasteiger partial charge in [-0.2, -0.15) is 13.2 Å². The normalized spacial score (nSPS) is 11.8. The highest BCUT2D eigenvalue weighted by molar-refractivity contribution is 5.88. The number of fused-ring (bicyclic) bond motifs is 1. The van der Waals surface area contributed by atoms with Crippen molar-refractivity contribution in [2.45, 2.75) is 33.0 Å². The first-order valence-corrected chi connectivity index (χ1v) is 11.7. The lowest BCUT2D eigenvalue weighted by atomic mass is 9.99. The lowest BCUT2D eigenvalue weighted by Crippen LogP contribution is -2.42. The first-order chi connectivity index (χ1) is 17.9. The number of ether oxygens (including phenoxy) is 1. The Morgan fingerprint density at radius 2 is 1.66 bits per heavy atom. The van der Waals surface area contributed by atoms with Crippen molar-refractivity contribution in [3.8, 4) is 5.69 Å². The predicted molar refractivity (Wildman–Crippen MR) is 134 cm³/mol. The number of esters is 1. The molecule has 2 heterocycles. The van der Waals surface area contributed by atoms with Crippen LogP contribution in [-0.4, -0.2) is 30.8 Å². The maximum atomic E-state index is 13.5. The van der Waals surface area contributed by atoms with E-state index in [0.717, 1.165) is 21.4 Å². The Morgan fingerprint density at radius 3 is 2.32 bits per heavy atom. The van der Waals surface area contributed by atoms with Gasteiger partial charge in [0.2, 0.25) is 0 Å². The molecule has 0 saturated carbocycles. The van der Waals surface area contributed by atoms with Crippen molar-refractivity contribution >= 4 is 17.0 Å². The van der Waals surface area contributed by atoms with E-state index in [1.807, 2.05) is 0 Å². The van der Waals surface area contributed by atoms with Crippen LogP contribution in [-0.2, 0) is 38.0 Å². The third kappa shape index (κ3) is 4.57. The molecule has 2 aromatic heterocycles. The number of aryl methyl sites for hydroxylation is 3. The van der Waals surface area contributed by atoms with Gasteiger partial charge in [0, 0.05) is 26.8 Å². The zero-order valence-electron chi connectivity index (χ0n) is 21.1. The van der Waals surface area contributed by atoms with Gasteiger partial charge in [-0.25, -0.2) is 14.4 Å². The Labute approximate surface area is 213 Å². The van der Waals surface area contributed by atoms with Gasteiger partial charge in [0.05, 0.1) is 28.9 Å². The first-order valence-electron chi connectivity index (χ1n) is 11.7. The number of rotatable bonds is 6.